The smallest absolute Gasteiger partial charge is 0.204 e. The molecule has 0 spiro atoms. The Kier molecular flexibility index (Phi) is 14.9. The lowest BCUT2D eigenvalue weighted by atomic mass is 10.0. The minimum atomic E-state index is 0.399. The predicted molar refractivity (Wildman–Crippen MR) is 233 cm³/mol. The van der Waals surface area contributed by atoms with Gasteiger partial charge in [0, 0.05) is 12.1 Å². The summed E-state index contributed by atoms with van der Waals surface area (Å²) in [6, 6.07) is 35.8. The SMILES string of the molecule is COc1ccc(CCc2cc(Oc3cc(CCc4cccc(OC)c4)cc(Oc4cc(CCc5ccc(OC)cc5)c(OC)cc4OC)c3OC)c(OC)cc2OC)cc1. The molecular formula is C50H54O10. The molecule has 0 aromatic heterocycles. The molecule has 6 aromatic carbocycles. The summed E-state index contributed by atoms with van der Waals surface area (Å²) in [6.45, 7) is 0. The van der Waals surface area contributed by atoms with Gasteiger partial charge in [-0.05, 0) is 133 Å². The first-order chi connectivity index (χ1) is 29.3. The van der Waals surface area contributed by atoms with Gasteiger partial charge in [-0.1, -0.05) is 36.4 Å². The topological polar surface area (TPSA) is 92.3 Å². The Morgan fingerprint density at radius 2 is 0.717 bits per heavy atom. The summed E-state index contributed by atoms with van der Waals surface area (Å²) in [7, 11) is 13.1. The van der Waals surface area contributed by atoms with Gasteiger partial charge < -0.3 is 47.4 Å². The van der Waals surface area contributed by atoms with E-state index in [0.717, 1.165) is 58.8 Å². The Labute approximate surface area is 353 Å². The van der Waals surface area contributed by atoms with E-state index in [1.54, 1.807) is 56.9 Å². The Morgan fingerprint density at radius 3 is 1.13 bits per heavy atom. The van der Waals surface area contributed by atoms with Crippen LogP contribution >= 0.6 is 0 Å². The Bertz CT molecular complexity index is 2190. The standard InChI is InChI=1S/C50H54O10/c1-51-39-22-16-33(17-23-39)14-20-37-29-46(44(56-6)31-42(37)54-4)59-48-27-36(13-12-35-10-9-11-41(26-35)53-3)28-49(50(48)58-8)60-47-30-38(43(55-5)32-45(47)57-7)21-15-34-18-24-40(52-2)25-19-34/h9-11,16-19,22-32H,12-15,20-21H2,1-8H3. The van der Waals surface area contributed by atoms with Gasteiger partial charge in [-0.2, -0.15) is 0 Å². The van der Waals surface area contributed by atoms with Crippen LogP contribution in [0.5, 0.6) is 69.0 Å². The van der Waals surface area contributed by atoms with E-state index in [4.69, 9.17) is 47.4 Å². The Morgan fingerprint density at radius 1 is 0.283 bits per heavy atom. The molecule has 60 heavy (non-hydrogen) atoms. The quantitative estimate of drug-likeness (QED) is 0.0699. The maximum Gasteiger partial charge on any atom is 0.204 e. The maximum absolute atomic E-state index is 6.79. The van der Waals surface area contributed by atoms with Crippen molar-refractivity contribution in [1.82, 2.24) is 0 Å². The van der Waals surface area contributed by atoms with Crippen molar-refractivity contribution in [2.24, 2.45) is 0 Å². The highest BCUT2D eigenvalue weighted by Crippen LogP contribution is 2.48. The van der Waals surface area contributed by atoms with Gasteiger partial charge in [0.1, 0.15) is 28.7 Å². The highest BCUT2D eigenvalue weighted by atomic mass is 16.6. The number of benzene rings is 6. The van der Waals surface area contributed by atoms with Crippen LogP contribution in [0, 0.1) is 0 Å². The third-order valence-corrected chi connectivity index (χ3v) is 10.4. The molecule has 0 heterocycles. The van der Waals surface area contributed by atoms with E-state index in [0.29, 0.717) is 71.0 Å². The second-order valence-corrected chi connectivity index (χ2v) is 14.0. The van der Waals surface area contributed by atoms with Crippen molar-refractivity contribution in [1.29, 1.82) is 0 Å². The zero-order valence-electron chi connectivity index (χ0n) is 35.7. The van der Waals surface area contributed by atoms with Crippen LogP contribution in [-0.2, 0) is 38.5 Å². The molecule has 314 valence electrons. The van der Waals surface area contributed by atoms with Gasteiger partial charge in [-0.25, -0.2) is 0 Å². The van der Waals surface area contributed by atoms with Crippen molar-refractivity contribution in [2.45, 2.75) is 38.5 Å². The minimum absolute atomic E-state index is 0.399. The molecule has 0 aliphatic rings. The van der Waals surface area contributed by atoms with E-state index in [1.165, 1.54) is 11.1 Å². The largest absolute Gasteiger partial charge is 0.497 e. The summed E-state index contributed by atoms with van der Waals surface area (Å²) in [5.41, 5.74) is 6.34. The first-order valence-corrected chi connectivity index (χ1v) is 19.8. The van der Waals surface area contributed by atoms with Gasteiger partial charge in [0.05, 0.1) is 56.9 Å². The number of rotatable bonds is 21. The van der Waals surface area contributed by atoms with Crippen LogP contribution in [0.15, 0.2) is 109 Å². The first kappa shape index (κ1) is 42.9. The lowest BCUT2D eigenvalue weighted by Gasteiger charge is -2.21. The third-order valence-electron chi connectivity index (χ3n) is 10.4. The van der Waals surface area contributed by atoms with Crippen molar-refractivity contribution in [2.75, 3.05) is 56.9 Å². The highest BCUT2D eigenvalue weighted by molar-refractivity contribution is 5.61. The Hall–Kier alpha value is -6.68. The molecule has 0 bridgehead atoms. The normalized spacial score (nSPS) is 10.7. The summed E-state index contributed by atoms with van der Waals surface area (Å²) in [5.74, 6) is 7.14. The molecule has 0 atom stereocenters. The summed E-state index contributed by atoms with van der Waals surface area (Å²) in [6.07, 6.45) is 4.35. The average Bonchev–Trinajstić information content (AvgIpc) is 3.29. The van der Waals surface area contributed by atoms with E-state index in [-0.39, 0.29) is 0 Å². The maximum atomic E-state index is 6.79. The molecule has 0 amide bonds. The van der Waals surface area contributed by atoms with Crippen LogP contribution in [0.1, 0.15) is 33.4 Å². The minimum Gasteiger partial charge on any atom is -0.497 e. The number of hydrogen-bond donors (Lipinski definition) is 0. The monoisotopic (exact) mass is 814 g/mol. The molecule has 10 heteroatoms. The summed E-state index contributed by atoms with van der Waals surface area (Å²) >= 11 is 0. The van der Waals surface area contributed by atoms with E-state index in [9.17, 15) is 0 Å². The first-order valence-electron chi connectivity index (χ1n) is 19.8. The van der Waals surface area contributed by atoms with Crippen LogP contribution in [0.3, 0.4) is 0 Å². The lowest BCUT2D eigenvalue weighted by molar-refractivity contribution is 0.331. The van der Waals surface area contributed by atoms with Crippen molar-refractivity contribution in [3.05, 3.63) is 143 Å². The number of aryl methyl sites for hydroxylation is 6. The Balaban J connectivity index is 1.37. The van der Waals surface area contributed by atoms with Gasteiger partial charge in [0.2, 0.25) is 5.75 Å². The molecule has 0 aliphatic carbocycles. The van der Waals surface area contributed by atoms with E-state index in [2.05, 4.69) is 30.3 Å². The zero-order chi connectivity index (χ0) is 42.4. The molecular weight excluding hydrogens is 761 g/mol. The highest BCUT2D eigenvalue weighted by Gasteiger charge is 2.22. The fraction of sp³-hybridized carbons (Fsp3) is 0.280. The summed E-state index contributed by atoms with van der Waals surface area (Å²) in [5, 5.41) is 0. The number of ether oxygens (including phenoxy) is 10. The number of methoxy groups -OCH3 is 8. The molecule has 10 nitrogen and oxygen atoms in total. The van der Waals surface area contributed by atoms with Gasteiger partial charge in [0.25, 0.3) is 0 Å². The molecule has 0 radical (unpaired) electrons. The van der Waals surface area contributed by atoms with Crippen LogP contribution < -0.4 is 47.4 Å². The van der Waals surface area contributed by atoms with Gasteiger partial charge in [0.15, 0.2) is 34.5 Å². The molecule has 0 N–H and O–H groups in total. The third kappa shape index (κ3) is 10.7. The van der Waals surface area contributed by atoms with Crippen LogP contribution in [0.2, 0.25) is 0 Å². The molecule has 0 unspecified atom stereocenters. The van der Waals surface area contributed by atoms with Crippen LogP contribution in [-0.4, -0.2) is 56.9 Å². The molecule has 0 saturated heterocycles. The molecule has 0 saturated carbocycles. The van der Waals surface area contributed by atoms with E-state index >= 15 is 0 Å². The van der Waals surface area contributed by atoms with Crippen LogP contribution in [0.4, 0.5) is 0 Å². The second kappa shape index (κ2) is 20.8. The average molecular weight is 815 g/mol. The van der Waals surface area contributed by atoms with Crippen molar-refractivity contribution < 1.29 is 47.4 Å². The van der Waals surface area contributed by atoms with Gasteiger partial charge in [-0.15, -0.1) is 0 Å². The molecule has 6 rings (SSSR count). The van der Waals surface area contributed by atoms with Gasteiger partial charge >= 0.3 is 0 Å². The molecule has 0 fully saturated rings. The number of hydrogen-bond acceptors (Lipinski definition) is 10. The molecule has 6 aromatic rings. The van der Waals surface area contributed by atoms with Crippen molar-refractivity contribution in [3.63, 3.8) is 0 Å². The summed E-state index contributed by atoms with van der Waals surface area (Å²) < 4.78 is 59.2. The van der Waals surface area contributed by atoms with E-state index < -0.39 is 0 Å². The van der Waals surface area contributed by atoms with Gasteiger partial charge in [-0.3, -0.25) is 0 Å². The van der Waals surface area contributed by atoms with Crippen LogP contribution in [0.25, 0.3) is 0 Å². The summed E-state index contributed by atoms with van der Waals surface area (Å²) in [4.78, 5) is 0. The molecule has 0 aliphatic heterocycles. The fourth-order valence-electron chi connectivity index (χ4n) is 7.04. The van der Waals surface area contributed by atoms with Crippen molar-refractivity contribution in [3.8, 4) is 69.0 Å². The lowest BCUT2D eigenvalue weighted by Crippen LogP contribution is -2.02. The zero-order valence-corrected chi connectivity index (χ0v) is 35.7. The second-order valence-electron chi connectivity index (χ2n) is 14.0. The van der Waals surface area contributed by atoms with E-state index in [1.807, 2.05) is 78.9 Å². The predicted octanol–water partition coefficient (Wildman–Crippen LogP) is 10.7. The fourth-order valence-corrected chi connectivity index (χ4v) is 7.04. The van der Waals surface area contributed by atoms with Crippen molar-refractivity contribution >= 4 is 0 Å².